The zero-order valence-corrected chi connectivity index (χ0v) is 17.9. The van der Waals surface area contributed by atoms with E-state index in [-0.39, 0.29) is 17.3 Å². The average Bonchev–Trinajstić information content (AvgIpc) is 3.05. The highest BCUT2D eigenvalue weighted by Gasteiger charge is 2.23. The molecule has 1 aliphatic rings. The average molecular weight is 460 g/mol. The van der Waals surface area contributed by atoms with Crippen LogP contribution in [-0.2, 0) is 10.0 Å². The van der Waals surface area contributed by atoms with Crippen molar-refractivity contribution in [2.24, 2.45) is 0 Å². The minimum atomic E-state index is -3.56. The zero-order valence-electron chi connectivity index (χ0n) is 14.7. The lowest BCUT2D eigenvalue weighted by molar-refractivity contribution is 0.335. The fourth-order valence-electron chi connectivity index (χ4n) is 3.28. The van der Waals surface area contributed by atoms with E-state index in [1.54, 1.807) is 24.3 Å². The van der Waals surface area contributed by atoms with Crippen LogP contribution in [0.4, 0.5) is 5.69 Å². The molecule has 0 bridgehead atoms. The molecule has 0 unspecified atom stereocenters. The Bertz CT molecular complexity index is 810. The fourth-order valence-corrected chi connectivity index (χ4v) is 4.60. The topological polar surface area (TPSA) is 49.4 Å². The molecule has 0 amide bonds. The summed E-state index contributed by atoms with van der Waals surface area (Å²) in [6.07, 6.45) is 2.35. The number of nitrogens with zero attached hydrogens (tertiary/aromatic N) is 1. The van der Waals surface area contributed by atoms with E-state index in [0.717, 1.165) is 24.1 Å². The first-order valence-corrected chi connectivity index (χ1v) is 10.9. The molecule has 26 heavy (non-hydrogen) atoms. The maximum absolute atomic E-state index is 12.4. The van der Waals surface area contributed by atoms with Gasteiger partial charge in [-0.3, -0.25) is 4.72 Å². The molecule has 2 aromatic carbocycles. The zero-order chi connectivity index (χ0) is 17.9. The molecule has 7 heteroatoms. The third-order valence-corrected chi connectivity index (χ3v) is 6.50. The van der Waals surface area contributed by atoms with Gasteiger partial charge in [-0.2, -0.15) is 0 Å². The molecule has 1 heterocycles. The van der Waals surface area contributed by atoms with Gasteiger partial charge in [-0.15, -0.1) is 12.4 Å². The van der Waals surface area contributed by atoms with Gasteiger partial charge in [-0.25, -0.2) is 8.42 Å². The van der Waals surface area contributed by atoms with E-state index >= 15 is 0 Å². The van der Waals surface area contributed by atoms with Crippen molar-refractivity contribution < 1.29 is 8.42 Å². The lowest BCUT2D eigenvalue weighted by Crippen LogP contribution is -2.20. The monoisotopic (exact) mass is 458 g/mol. The Morgan fingerprint density at radius 3 is 2.38 bits per heavy atom. The minimum Gasteiger partial charge on any atom is -0.303 e. The molecule has 1 atom stereocenters. The number of benzene rings is 2. The highest BCUT2D eigenvalue weighted by Crippen LogP contribution is 2.28. The van der Waals surface area contributed by atoms with Crippen molar-refractivity contribution in [1.82, 2.24) is 4.90 Å². The van der Waals surface area contributed by atoms with E-state index in [2.05, 4.69) is 32.5 Å². The maximum atomic E-state index is 12.4. The SMILES string of the molecule is CCCN1CC[C@@H](c2ccc(NS(=O)(=O)c3ccc(Br)cc3)cc2)C1.Cl. The first kappa shape index (κ1) is 21.2. The maximum Gasteiger partial charge on any atom is 0.261 e. The smallest absolute Gasteiger partial charge is 0.261 e. The largest absolute Gasteiger partial charge is 0.303 e. The van der Waals surface area contributed by atoms with Crippen LogP contribution >= 0.6 is 28.3 Å². The summed E-state index contributed by atoms with van der Waals surface area (Å²) >= 11 is 3.31. The number of hydrogen-bond acceptors (Lipinski definition) is 3. The van der Waals surface area contributed by atoms with E-state index in [1.165, 1.54) is 18.4 Å². The summed E-state index contributed by atoms with van der Waals surface area (Å²) in [5.41, 5.74) is 1.88. The van der Waals surface area contributed by atoms with Gasteiger partial charge in [0.05, 0.1) is 4.90 Å². The highest BCUT2D eigenvalue weighted by molar-refractivity contribution is 9.10. The third-order valence-electron chi connectivity index (χ3n) is 4.57. The number of nitrogens with one attached hydrogen (secondary N) is 1. The summed E-state index contributed by atoms with van der Waals surface area (Å²) in [6, 6.07) is 14.4. The molecule has 1 saturated heterocycles. The molecular weight excluding hydrogens is 436 g/mol. The second-order valence-electron chi connectivity index (χ2n) is 6.47. The third kappa shape index (κ3) is 5.22. The first-order valence-electron chi connectivity index (χ1n) is 8.58. The molecule has 0 aromatic heterocycles. The number of anilines is 1. The van der Waals surface area contributed by atoms with Gasteiger partial charge < -0.3 is 4.90 Å². The molecule has 2 aromatic rings. The lowest BCUT2D eigenvalue weighted by Gasteiger charge is -2.15. The molecule has 1 fully saturated rings. The second-order valence-corrected chi connectivity index (χ2v) is 9.07. The Labute approximate surface area is 170 Å². The Hall–Kier alpha value is -1.08. The molecule has 142 valence electrons. The van der Waals surface area contributed by atoms with E-state index < -0.39 is 10.0 Å². The standard InChI is InChI=1S/C19H23BrN2O2S.ClH/c1-2-12-22-13-11-16(14-22)15-3-7-18(8-4-15)21-25(23,24)19-9-5-17(20)6-10-19;/h3-10,16,21H,2,11-14H2,1H3;1H/t16-;/m1./s1. The summed E-state index contributed by atoms with van der Waals surface area (Å²) in [4.78, 5) is 2.75. The number of likely N-dealkylation sites (tertiary alicyclic amines) is 1. The Morgan fingerprint density at radius 2 is 1.77 bits per heavy atom. The number of halogens is 2. The van der Waals surface area contributed by atoms with Crippen LogP contribution in [0.15, 0.2) is 57.9 Å². The molecule has 0 saturated carbocycles. The van der Waals surface area contributed by atoms with E-state index in [0.29, 0.717) is 11.6 Å². The summed E-state index contributed by atoms with van der Waals surface area (Å²) in [5, 5.41) is 0. The van der Waals surface area contributed by atoms with Crippen LogP contribution in [0.5, 0.6) is 0 Å². The fraction of sp³-hybridized carbons (Fsp3) is 0.368. The number of rotatable bonds is 6. The molecule has 1 N–H and O–H groups in total. The van der Waals surface area contributed by atoms with Crippen LogP contribution < -0.4 is 4.72 Å². The van der Waals surface area contributed by atoms with E-state index in [1.807, 2.05) is 24.3 Å². The van der Waals surface area contributed by atoms with E-state index in [9.17, 15) is 8.42 Å². The van der Waals surface area contributed by atoms with Crippen LogP contribution in [0.2, 0.25) is 0 Å². The Morgan fingerprint density at radius 1 is 1.12 bits per heavy atom. The number of sulfonamides is 1. The summed E-state index contributed by atoms with van der Waals surface area (Å²) in [5.74, 6) is 0.545. The Balaban J connectivity index is 0.00000243. The summed E-state index contributed by atoms with van der Waals surface area (Å²) in [7, 11) is -3.56. The van der Waals surface area contributed by atoms with Crippen molar-refractivity contribution in [2.45, 2.75) is 30.6 Å². The summed E-state index contributed by atoms with van der Waals surface area (Å²) < 4.78 is 28.4. The van der Waals surface area contributed by atoms with Crippen molar-refractivity contribution in [3.63, 3.8) is 0 Å². The van der Waals surface area contributed by atoms with Crippen LogP contribution in [0.1, 0.15) is 31.2 Å². The van der Waals surface area contributed by atoms with Gasteiger partial charge in [0.25, 0.3) is 10.0 Å². The van der Waals surface area contributed by atoms with Gasteiger partial charge in [0, 0.05) is 16.7 Å². The van der Waals surface area contributed by atoms with Gasteiger partial charge in [0.15, 0.2) is 0 Å². The summed E-state index contributed by atoms with van der Waals surface area (Å²) in [6.45, 7) is 5.61. The van der Waals surface area contributed by atoms with Crippen LogP contribution in [0, 0.1) is 0 Å². The predicted molar refractivity (Wildman–Crippen MR) is 113 cm³/mol. The van der Waals surface area contributed by atoms with Gasteiger partial charge >= 0.3 is 0 Å². The molecule has 0 spiro atoms. The van der Waals surface area contributed by atoms with Crippen LogP contribution in [0.3, 0.4) is 0 Å². The highest BCUT2D eigenvalue weighted by atomic mass is 79.9. The quantitative estimate of drug-likeness (QED) is 0.670. The van der Waals surface area contributed by atoms with Gasteiger partial charge in [0.2, 0.25) is 0 Å². The molecule has 0 radical (unpaired) electrons. The molecule has 4 nitrogen and oxygen atoms in total. The van der Waals surface area contributed by atoms with Crippen molar-refractivity contribution in [2.75, 3.05) is 24.4 Å². The molecule has 3 rings (SSSR count). The van der Waals surface area contributed by atoms with Gasteiger partial charge in [0.1, 0.15) is 0 Å². The molecular formula is C19H24BrClN2O2S. The van der Waals surface area contributed by atoms with Crippen LogP contribution in [0.25, 0.3) is 0 Å². The van der Waals surface area contributed by atoms with Crippen molar-refractivity contribution in [1.29, 1.82) is 0 Å². The number of hydrogen-bond donors (Lipinski definition) is 1. The van der Waals surface area contributed by atoms with Crippen molar-refractivity contribution in [3.8, 4) is 0 Å². The predicted octanol–water partition coefficient (Wildman–Crippen LogP) is 4.87. The lowest BCUT2D eigenvalue weighted by atomic mass is 9.98. The first-order chi connectivity index (χ1) is 12.0. The van der Waals surface area contributed by atoms with Crippen LogP contribution in [-0.4, -0.2) is 33.0 Å². The normalized spacial score (nSPS) is 17.7. The molecule has 1 aliphatic heterocycles. The minimum absolute atomic E-state index is 0. The molecule has 0 aliphatic carbocycles. The second kappa shape index (κ2) is 9.22. The van der Waals surface area contributed by atoms with Gasteiger partial charge in [-0.05, 0) is 73.8 Å². The van der Waals surface area contributed by atoms with Gasteiger partial charge in [-0.1, -0.05) is 35.0 Å². The van der Waals surface area contributed by atoms with Crippen molar-refractivity contribution in [3.05, 3.63) is 58.6 Å². The Kier molecular flexibility index (Phi) is 7.52. The van der Waals surface area contributed by atoms with E-state index in [4.69, 9.17) is 0 Å². The van der Waals surface area contributed by atoms with Crippen molar-refractivity contribution >= 4 is 44.0 Å².